The third kappa shape index (κ3) is 3.74. The zero-order valence-electron chi connectivity index (χ0n) is 10.6. The molecule has 1 amide bonds. The molecule has 0 spiro atoms. The molecule has 1 aliphatic heterocycles. The quantitative estimate of drug-likeness (QED) is 0.755. The van der Waals surface area contributed by atoms with E-state index in [2.05, 4.69) is 29.5 Å². The highest BCUT2D eigenvalue weighted by atomic mass is 127. The molecule has 2 N–H and O–H groups in total. The first-order valence-corrected chi connectivity index (χ1v) is 7.44. The molecule has 1 aliphatic rings. The highest BCUT2D eigenvalue weighted by molar-refractivity contribution is 14.1. The van der Waals surface area contributed by atoms with E-state index in [9.17, 15) is 4.79 Å². The summed E-state index contributed by atoms with van der Waals surface area (Å²) in [7, 11) is 0. The molecule has 1 heterocycles. The average molecular weight is 415 g/mol. The number of carbonyl (C=O) groups excluding carboxylic acids is 1. The predicted molar refractivity (Wildman–Crippen MR) is 89.1 cm³/mol. The van der Waals surface area contributed by atoms with E-state index < -0.39 is 0 Å². The van der Waals surface area contributed by atoms with Gasteiger partial charge >= 0.3 is 0 Å². The first-order valence-electron chi connectivity index (χ1n) is 5.99. The van der Waals surface area contributed by atoms with E-state index in [1.54, 1.807) is 12.1 Å². The number of nitrogens with zero attached hydrogens (tertiary/aromatic N) is 1. The summed E-state index contributed by atoms with van der Waals surface area (Å²) in [5.74, 6) is 0.478. The summed E-state index contributed by atoms with van der Waals surface area (Å²) in [4.78, 5) is 14.4. The van der Waals surface area contributed by atoms with E-state index >= 15 is 0 Å². The molecule has 6 heteroatoms. The van der Waals surface area contributed by atoms with Crippen molar-refractivity contribution in [2.75, 3.05) is 13.1 Å². The number of carbonyl (C=O) groups is 1. The van der Waals surface area contributed by atoms with Crippen molar-refractivity contribution >= 4 is 52.5 Å². The van der Waals surface area contributed by atoms with Crippen molar-refractivity contribution in [2.45, 2.75) is 19.4 Å². The molecule has 0 aromatic heterocycles. The van der Waals surface area contributed by atoms with Crippen LogP contribution in [0.15, 0.2) is 18.2 Å². The standard InChI is InChI=1S/C13H16ClIN2O.ClH/c1-8-4-9(6-16)7-17(8)13(18)11-5-10(14)2-3-12(11)15;/h2-3,5,8-9H,4,6-7,16H2,1H3;1H. The Morgan fingerprint density at radius 1 is 1.58 bits per heavy atom. The van der Waals surface area contributed by atoms with Crippen LogP contribution in [0.4, 0.5) is 0 Å². The second-order valence-corrected chi connectivity index (χ2v) is 6.37. The Bertz CT molecular complexity index is 470. The van der Waals surface area contributed by atoms with Crippen molar-refractivity contribution in [1.82, 2.24) is 4.90 Å². The summed E-state index contributed by atoms with van der Waals surface area (Å²) in [6.07, 6.45) is 0.986. The number of hydrogen-bond donors (Lipinski definition) is 1. The Hall–Kier alpha value is -0.0400. The van der Waals surface area contributed by atoms with Gasteiger partial charge < -0.3 is 10.6 Å². The second kappa shape index (κ2) is 7.11. The summed E-state index contributed by atoms with van der Waals surface area (Å²) in [6, 6.07) is 5.67. The highest BCUT2D eigenvalue weighted by Gasteiger charge is 2.32. The van der Waals surface area contributed by atoms with Crippen molar-refractivity contribution in [3.05, 3.63) is 32.4 Å². The molecule has 0 radical (unpaired) electrons. The van der Waals surface area contributed by atoms with Crippen molar-refractivity contribution in [3.63, 3.8) is 0 Å². The maximum absolute atomic E-state index is 12.5. The monoisotopic (exact) mass is 414 g/mol. The number of benzene rings is 1. The molecule has 0 aliphatic carbocycles. The fourth-order valence-electron chi connectivity index (χ4n) is 2.41. The van der Waals surface area contributed by atoms with Crippen molar-refractivity contribution in [3.8, 4) is 0 Å². The summed E-state index contributed by atoms with van der Waals surface area (Å²) in [5, 5.41) is 0.598. The average Bonchev–Trinajstić information content (AvgIpc) is 2.73. The summed E-state index contributed by atoms with van der Waals surface area (Å²) >= 11 is 8.14. The minimum Gasteiger partial charge on any atom is -0.336 e. The van der Waals surface area contributed by atoms with Crippen LogP contribution in [0.5, 0.6) is 0 Å². The van der Waals surface area contributed by atoms with Gasteiger partial charge in [-0.25, -0.2) is 0 Å². The normalized spacial score (nSPS) is 22.2. The van der Waals surface area contributed by atoms with E-state index in [0.717, 1.165) is 16.5 Å². The molecule has 1 fully saturated rings. The van der Waals surface area contributed by atoms with E-state index in [-0.39, 0.29) is 24.4 Å². The number of amides is 1. The molecule has 0 saturated carbocycles. The van der Waals surface area contributed by atoms with Gasteiger partial charge in [0.2, 0.25) is 0 Å². The lowest BCUT2D eigenvalue weighted by atomic mass is 10.1. The van der Waals surface area contributed by atoms with Gasteiger partial charge in [0.05, 0.1) is 5.56 Å². The van der Waals surface area contributed by atoms with Crippen LogP contribution in [-0.4, -0.2) is 29.9 Å². The molecule has 106 valence electrons. The van der Waals surface area contributed by atoms with Crippen LogP contribution in [0.3, 0.4) is 0 Å². The number of rotatable bonds is 2. The van der Waals surface area contributed by atoms with Gasteiger partial charge in [-0.1, -0.05) is 11.6 Å². The maximum atomic E-state index is 12.5. The van der Waals surface area contributed by atoms with E-state index in [4.69, 9.17) is 17.3 Å². The SMILES string of the molecule is CC1CC(CN)CN1C(=O)c1cc(Cl)ccc1I.Cl. The van der Waals surface area contributed by atoms with Crippen molar-refractivity contribution in [1.29, 1.82) is 0 Å². The Kier molecular flexibility index (Phi) is 6.36. The van der Waals surface area contributed by atoms with Crippen LogP contribution < -0.4 is 5.73 Å². The third-order valence-corrected chi connectivity index (χ3v) is 4.59. The Labute approximate surface area is 138 Å². The van der Waals surface area contributed by atoms with Crippen LogP contribution in [0, 0.1) is 9.49 Å². The minimum absolute atomic E-state index is 0. The summed E-state index contributed by atoms with van der Waals surface area (Å²) in [5.41, 5.74) is 6.38. The van der Waals surface area contributed by atoms with Crippen molar-refractivity contribution < 1.29 is 4.79 Å². The van der Waals surface area contributed by atoms with E-state index in [1.807, 2.05) is 11.0 Å². The molecule has 2 unspecified atom stereocenters. The van der Waals surface area contributed by atoms with E-state index in [0.29, 0.717) is 23.0 Å². The summed E-state index contributed by atoms with van der Waals surface area (Å²) < 4.78 is 0.936. The maximum Gasteiger partial charge on any atom is 0.255 e. The fraction of sp³-hybridized carbons (Fsp3) is 0.462. The van der Waals surface area contributed by atoms with Gasteiger partial charge in [0.15, 0.2) is 0 Å². The highest BCUT2D eigenvalue weighted by Crippen LogP contribution is 2.26. The molecule has 1 saturated heterocycles. The second-order valence-electron chi connectivity index (χ2n) is 4.77. The first-order chi connectivity index (χ1) is 8.52. The van der Waals surface area contributed by atoms with Gasteiger partial charge in [0.25, 0.3) is 5.91 Å². The number of hydrogen-bond acceptors (Lipinski definition) is 2. The Morgan fingerprint density at radius 2 is 2.26 bits per heavy atom. The predicted octanol–water partition coefficient (Wildman–Crippen LogP) is 3.18. The molecular weight excluding hydrogens is 398 g/mol. The van der Waals surface area contributed by atoms with Gasteiger partial charge in [-0.15, -0.1) is 12.4 Å². The Morgan fingerprint density at radius 3 is 2.84 bits per heavy atom. The van der Waals surface area contributed by atoms with Crippen molar-refractivity contribution in [2.24, 2.45) is 11.7 Å². The van der Waals surface area contributed by atoms with Gasteiger partial charge in [-0.3, -0.25) is 4.79 Å². The first kappa shape index (κ1) is 17.0. The fourth-order valence-corrected chi connectivity index (χ4v) is 3.15. The smallest absolute Gasteiger partial charge is 0.255 e. The van der Waals surface area contributed by atoms with Crippen LogP contribution >= 0.6 is 46.6 Å². The lowest BCUT2D eigenvalue weighted by Crippen LogP contribution is -2.34. The molecule has 0 bridgehead atoms. The summed E-state index contributed by atoms with van der Waals surface area (Å²) in [6.45, 7) is 3.46. The lowest BCUT2D eigenvalue weighted by molar-refractivity contribution is 0.0742. The van der Waals surface area contributed by atoms with Crippen LogP contribution in [0.25, 0.3) is 0 Å². The van der Waals surface area contributed by atoms with Crippen LogP contribution in [0.2, 0.25) is 5.02 Å². The number of likely N-dealkylation sites (tertiary alicyclic amines) is 1. The third-order valence-electron chi connectivity index (χ3n) is 3.41. The topological polar surface area (TPSA) is 46.3 Å². The molecule has 19 heavy (non-hydrogen) atoms. The Balaban J connectivity index is 0.00000180. The number of nitrogens with two attached hydrogens (primary N) is 1. The van der Waals surface area contributed by atoms with Crippen LogP contribution in [-0.2, 0) is 0 Å². The minimum atomic E-state index is 0. The van der Waals surface area contributed by atoms with E-state index in [1.165, 1.54) is 0 Å². The van der Waals surface area contributed by atoms with Gasteiger partial charge in [0, 0.05) is 21.2 Å². The molecule has 1 aromatic carbocycles. The molecule has 3 nitrogen and oxygen atoms in total. The molecule has 2 rings (SSSR count). The van der Waals surface area contributed by atoms with Gasteiger partial charge in [0.1, 0.15) is 0 Å². The largest absolute Gasteiger partial charge is 0.336 e. The molecular formula is C13H17Cl2IN2O. The van der Waals surface area contributed by atoms with Gasteiger partial charge in [-0.05, 0) is 66.6 Å². The number of halogens is 3. The zero-order chi connectivity index (χ0) is 13.3. The lowest BCUT2D eigenvalue weighted by Gasteiger charge is -2.22. The van der Waals surface area contributed by atoms with Crippen LogP contribution in [0.1, 0.15) is 23.7 Å². The van der Waals surface area contributed by atoms with Gasteiger partial charge in [-0.2, -0.15) is 0 Å². The zero-order valence-corrected chi connectivity index (χ0v) is 14.3. The molecule has 1 aromatic rings. The molecule has 2 atom stereocenters.